The molecule has 2 rings (SSSR count). The highest BCUT2D eigenvalue weighted by Gasteiger charge is 2.26. The van der Waals surface area contributed by atoms with E-state index in [1.54, 1.807) is 6.20 Å². The Morgan fingerprint density at radius 3 is 2.62 bits per heavy atom. The van der Waals surface area contributed by atoms with E-state index in [4.69, 9.17) is 0 Å². The van der Waals surface area contributed by atoms with Gasteiger partial charge in [-0.2, -0.15) is 0 Å². The topological polar surface area (TPSA) is 29.0 Å². The van der Waals surface area contributed by atoms with E-state index >= 15 is 0 Å². The van der Waals surface area contributed by atoms with Gasteiger partial charge in [0, 0.05) is 25.2 Å². The fourth-order valence-corrected chi connectivity index (χ4v) is 2.00. The third kappa shape index (κ3) is 2.46. The minimum Gasteiger partial charge on any atom is -0.356 e. The van der Waals surface area contributed by atoms with Crippen LogP contribution in [0.25, 0.3) is 0 Å². The Morgan fingerprint density at radius 2 is 2.06 bits per heavy atom. The number of nitrogens with zero attached hydrogens (tertiary/aromatic N) is 3. The third-order valence-corrected chi connectivity index (χ3v) is 2.98. The Labute approximate surface area is 93.5 Å². The van der Waals surface area contributed by atoms with Crippen LogP contribution in [0.5, 0.6) is 0 Å². The van der Waals surface area contributed by atoms with Crippen LogP contribution in [0, 0.1) is 12.8 Å². The van der Waals surface area contributed by atoms with Gasteiger partial charge < -0.3 is 4.90 Å². The molecule has 0 bridgehead atoms. The molecule has 1 fully saturated rings. The van der Waals surface area contributed by atoms with Gasteiger partial charge in [0.05, 0.1) is 0 Å². The molecular formula is C11H15F2N3. The number of hydrogen-bond acceptors (Lipinski definition) is 3. The molecule has 1 aliphatic heterocycles. The molecule has 1 aliphatic rings. The maximum absolute atomic E-state index is 12.5. The highest BCUT2D eigenvalue weighted by Crippen LogP contribution is 2.25. The van der Waals surface area contributed by atoms with Crippen LogP contribution >= 0.6 is 0 Å². The summed E-state index contributed by atoms with van der Waals surface area (Å²) in [6, 6.07) is 1.83. The third-order valence-electron chi connectivity index (χ3n) is 2.98. The van der Waals surface area contributed by atoms with Gasteiger partial charge in [-0.1, -0.05) is 0 Å². The molecule has 2 heterocycles. The summed E-state index contributed by atoms with van der Waals surface area (Å²) in [5.74, 6) is 1.12. The first kappa shape index (κ1) is 11.2. The van der Waals surface area contributed by atoms with Gasteiger partial charge in [0.1, 0.15) is 11.6 Å². The molecule has 0 radical (unpaired) electrons. The molecule has 0 atom stereocenters. The van der Waals surface area contributed by atoms with Crippen molar-refractivity contribution in [1.29, 1.82) is 0 Å². The fraction of sp³-hybridized carbons (Fsp3) is 0.636. The van der Waals surface area contributed by atoms with Crippen molar-refractivity contribution in [2.75, 3.05) is 18.0 Å². The summed E-state index contributed by atoms with van der Waals surface area (Å²) >= 11 is 0. The van der Waals surface area contributed by atoms with Crippen molar-refractivity contribution < 1.29 is 8.78 Å². The quantitative estimate of drug-likeness (QED) is 0.776. The zero-order chi connectivity index (χ0) is 11.5. The van der Waals surface area contributed by atoms with Gasteiger partial charge in [-0.25, -0.2) is 18.7 Å². The summed E-state index contributed by atoms with van der Waals surface area (Å²) in [5, 5.41) is 0. The lowest BCUT2D eigenvalue weighted by Gasteiger charge is -2.32. The van der Waals surface area contributed by atoms with E-state index in [2.05, 4.69) is 9.97 Å². The Hall–Kier alpha value is -1.26. The van der Waals surface area contributed by atoms with Crippen molar-refractivity contribution in [3.05, 3.63) is 18.1 Å². The Bertz CT molecular complexity index is 349. The standard InChI is InChI=1S/C11H15F2N3/c1-8-14-5-2-10(15-8)16-6-3-9(4-7-16)11(12)13/h2,5,9,11H,3-4,6-7H2,1H3. The number of alkyl halides is 2. The number of halogens is 2. The lowest BCUT2D eigenvalue weighted by atomic mass is 9.97. The summed E-state index contributed by atoms with van der Waals surface area (Å²) in [5.41, 5.74) is 0. The molecule has 0 saturated carbocycles. The Kier molecular flexibility index (Phi) is 3.31. The second-order valence-corrected chi connectivity index (χ2v) is 4.12. The first-order chi connectivity index (χ1) is 7.66. The van der Waals surface area contributed by atoms with E-state index < -0.39 is 12.3 Å². The van der Waals surface area contributed by atoms with Gasteiger partial charge in [-0.15, -0.1) is 0 Å². The van der Waals surface area contributed by atoms with Gasteiger partial charge in [0.25, 0.3) is 0 Å². The van der Waals surface area contributed by atoms with Crippen molar-refractivity contribution in [3.8, 4) is 0 Å². The van der Waals surface area contributed by atoms with Crippen LogP contribution in [0.4, 0.5) is 14.6 Å². The highest BCUT2D eigenvalue weighted by molar-refractivity contribution is 5.37. The van der Waals surface area contributed by atoms with Crippen LogP contribution in [0.3, 0.4) is 0 Å². The fourth-order valence-electron chi connectivity index (χ4n) is 2.00. The number of hydrogen-bond donors (Lipinski definition) is 0. The van der Waals surface area contributed by atoms with Gasteiger partial charge >= 0.3 is 0 Å². The summed E-state index contributed by atoms with van der Waals surface area (Å²) in [4.78, 5) is 10.4. The normalized spacial score (nSPS) is 18.1. The molecule has 1 aromatic rings. The zero-order valence-corrected chi connectivity index (χ0v) is 9.24. The lowest BCUT2D eigenvalue weighted by Crippen LogP contribution is -2.36. The molecule has 0 amide bonds. The average molecular weight is 227 g/mol. The molecule has 1 aromatic heterocycles. The largest absolute Gasteiger partial charge is 0.356 e. The predicted octanol–water partition coefficient (Wildman–Crippen LogP) is 2.27. The maximum atomic E-state index is 12.5. The van der Waals surface area contributed by atoms with Crippen LogP contribution < -0.4 is 4.90 Å². The first-order valence-corrected chi connectivity index (χ1v) is 5.49. The maximum Gasteiger partial charge on any atom is 0.241 e. The smallest absolute Gasteiger partial charge is 0.241 e. The molecule has 0 aromatic carbocycles. The molecule has 88 valence electrons. The summed E-state index contributed by atoms with van der Waals surface area (Å²) in [7, 11) is 0. The minimum atomic E-state index is -2.19. The Balaban J connectivity index is 1.99. The van der Waals surface area contributed by atoms with Gasteiger partial charge in [0.15, 0.2) is 0 Å². The van der Waals surface area contributed by atoms with Crippen LogP contribution in [0.1, 0.15) is 18.7 Å². The van der Waals surface area contributed by atoms with Crippen LogP contribution in [-0.4, -0.2) is 29.5 Å². The van der Waals surface area contributed by atoms with E-state index in [0.717, 1.165) is 5.82 Å². The van der Waals surface area contributed by atoms with Crippen molar-refractivity contribution in [2.24, 2.45) is 5.92 Å². The molecule has 0 aliphatic carbocycles. The van der Waals surface area contributed by atoms with E-state index in [0.29, 0.717) is 31.8 Å². The Morgan fingerprint density at radius 1 is 1.38 bits per heavy atom. The molecule has 0 N–H and O–H groups in total. The second kappa shape index (κ2) is 4.72. The average Bonchev–Trinajstić information content (AvgIpc) is 2.29. The number of aromatic nitrogens is 2. The lowest BCUT2D eigenvalue weighted by molar-refractivity contribution is 0.0635. The zero-order valence-electron chi connectivity index (χ0n) is 9.24. The summed E-state index contributed by atoms with van der Waals surface area (Å²) < 4.78 is 24.9. The monoisotopic (exact) mass is 227 g/mol. The number of piperidine rings is 1. The SMILES string of the molecule is Cc1nccc(N2CCC(C(F)F)CC2)n1. The van der Waals surface area contributed by atoms with Gasteiger partial charge in [-0.3, -0.25) is 0 Å². The minimum absolute atomic E-state index is 0.445. The van der Waals surface area contributed by atoms with E-state index in [9.17, 15) is 8.78 Å². The van der Waals surface area contributed by atoms with E-state index in [1.807, 2.05) is 17.9 Å². The molecular weight excluding hydrogens is 212 g/mol. The number of aryl methyl sites for hydroxylation is 1. The molecule has 0 spiro atoms. The van der Waals surface area contributed by atoms with Gasteiger partial charge in [-0.05, 0) is 25.8 Å². The second-order valence-electron chi connectivity index (χ2n) is 4.12. The van der Waals surface area contributed by atoms with Crippen molar-refractivity contribution in [3.63, 3.8) is 0 Å². The number of rotatable bonds is 2. The van der Waals surface area contributed by atoms with E-state index in [-0.39, 0.29) is 0 Å². The van der Waals surface area contributed by atoms with Crippen molar-refractivity contribution >= 4 is 5.82 Å². The van der Waals surface area contributed by atoms with Crippen molar-refractivity contribution in [1.82, 2.24) is 9.97 Å². The van der Waals surface area contributed by atoms with Crippen LogP contribution in [0.2, 0.25) is 0 Å². The van der Waals surface area contributed by atoms with Gasteiger partial charge in [0.2, 0.25) is 6.43 Å². The van der Waals surface area contributed by atoms with Crippen LogP contribution in [-0.2, 0) is 0 Å². The summed E-state index contributed by atoms with van der Waals surface area (Å²) in [6.07, 6.45) is 0.604. The number of anilines is 1. The van der Waals surface area contributed by atoms with E-state index in [1.165, 1.54) is 0 Å². The predicted molar refractivity (Wildman–Crippen MR) is 57.7 cm³/mol. The molecule has 5 heteroatoms. The first-order valence-electron chi connectivity index (χ1n) is 5.49. The highest BCUT2D eigenvalue weighted by atomic mass is 19.3. The van der Waals surface area contributed by atoms with Crippen LogP contribution in [0.15, 0.2) is 12.3 Å². The summed E-state index contributed by atoms with van der Waals surface area (Å²) in [6.45, 7) is 3.15. The van der Waals surface area contributed by atoms with Crippen molar-refractivity contribution in [2.45, 2.75) is 26.2 Å². The molecule has 3 nitrogen and oxygen atoms in total. The molecule has 0 unspecified atom stereocenters. The molecule has 1 saturated heterocycles. The molecule has 16 heavy (non-hydrogen) atoms.